The van der Waals surface area contributed by atoms with E-state index in [1.807, 2.05) is 42.0 Å². The molecule has 0 bridgehead atoms. The van der Waals surface area contributed by atoms with Crippen LogP contribution in [0.5, 0.6) is 5.75 Å². The smallest absolute Gasteiger partial charge is 0.143 e. The second kappa shape index (κ2) is 8.10. The lowest BCUT2D eigenvalue weighted by Crippen LogP contribution is -2.15. The van der Waals surface area contributed by atoms with Crippen LogP contribution in [-0.2, 0) is 0 Å². The third kappa shape index (κ3) is 3.80. The van der Waals surface area contributed by atoms with Crippen molar-refractivity contribution in [2.45, 2.75) is 19.4 Å². The Hall–Kier alpha value is -1.46. The molecule has 0 saturated heterocycles. The van der Waals surface area contributed by atoms with Crippen molar-refractivity contribution in [3.8, 4) is 17.1 Å². The predicted octanol–water partition coefficient (Wildman–Crippen LogP) is 3.24. The molecule has 0 amide bonds. The Morgan fingerprint density at radius 3 is 2.90 bits per heavy atom. The molecule has 1 aromatic carbocycles. The normalized spacial score (nSPS) is 12.3. The number of hydrogen-bond donors (Lipinski definition) is 1. The zero-order valence-corrected chi connectivity index (χ0v) is 13.3. The van der Waals surface area contributed by atoms with Gasteiger partial charge in [0.2, 0.25) is 0 Å². The predicted molar refractivity (Wildman–Crippen MR) is 88.0 cm³/mol. The molecule has 0 aliphatic heterocycles. The van der Waals surface area contributed by atoms with Crippen LogP contribution in [0.15, 0.2) is 36.7 Å². The number of rotatable bonds is 8. The topological polar surface area (TPSA) is 47.3 Å². The number of benzene rings is 1. The van der Waals surface area contributed by atoms with Gasteiger partial charge < -0.3 is 14.4 Å². The number of para-hydroxylation sites is 1. The molecular weight excluding hydrogens is 284 g/mol. The third-order valence-corrected chi connectivity index (χ3v) is 4.00. The van der Waals surface area contributed by atoms with Crippen molar-refractivity contribution in [1.82, 2.24) is 9.55 Å². The summed E-state index contributed by atoms with van der Waals surface area (Å²) < 4.78 is 7.74. The molecular formula is C16H22N2O2S. The summed E-state index contributed by atoms with van der Waals surface area (Å²) >= 11 is 1.79. The summed E-state index contributed by atoms with van der Waals surface area (Å²) in [5.41, 5.74) is 0.965. The Balaban J connectivity index is 2.35. The summed E-state index contributed by atoms with van der Waals surface area (Å²) in [5.74, 6) is 2.68. The van der Waals surface area contributed by atoms with Gasteiger partial charge in [0, 0.05) is 12.4 Å². The van der Waals surface area contributed by atoms with Crippen LogP contribution in [0.2, 0.25) is 0 Å². The van der Waals surface area contributed by atoms with Crippen LogP contribution in [0.1, 0.15) is 19.4 Å². The SMILES string of the molecule is CCOc1ccccc1-c1nccn1[C@H](CO)CCSC. The van der Waals surface area contributed by atoms with Crippen molar-refractivity contribution in [3.63, 3.8) is 0 Å². The Morgan fingerprint density at radius 1 is 1.38 bits per heavy atom. The van der Waals surface area contributed by atoms with Crippen LogP contribution >= 0.6 is 11.8 Å². The second-order valence-corrected chi connectivity index (χ2v) is 5.69. The molecule has 4 nitrogen and oxygen atoms in total. The first kappa shape index (κ1) is 15.9. The molecule has 1 aromatic heterocycles. The van der Waals surface area contributed by atoms with Gasteiger partial charge in [0.1, 0.15) is 11.6 Å². The molecule has 0 fully saturated rings. The van der Waals surface area contributed by atoms with Crippen molar-refractivity contribution >= 4 is 11.8 Å². The summed E-state index contributed by atoms with van der Waals surface area (Å²) in [6.45, 7) is 2.70. The van der Waals surface area contributed by atoms with E-state index in [-0.39, 0.29) is 12.6 Å². The van der Waals surface area contributed by atoms with E-state index in [4.69, 9.17) is 4.74 Å². The lowest BCUT2D eigenvalue weighted by molar-refractivity contribution is 0.226. The first-order valence-electron chi connectivity index (χ1n) is 7.16. The molecule has 0 aliphatic carbocycles. The zero-order chi connectivity index (χ0) is 15.1. The number of thioether (sulfide) groups is 1. The summed E-state index contributed by atoms with van der Waals surface area (Å²) in [5, 5.41) is 9.68. The van der Waals surface area contributed by atoms with Crippen molar-refractivity contribution in [2.75, 3.05) is 25.2 Å². The first-order chi connectivity index (χ1) is 10.3. The highest BCUT2D eigenvalue weighted by molar-refractivity contribution is 7.98. The zero-order valence-electron chi connectivity index (χ0n) is 12.5. The number of aliphatic hydroxyl groups excluding tert-OH is 1. The van der Waals surface area contributed by atoms with Gasteiger partial charge in [0.15, 0.2) is 0 Å². The van der Waals surface area contributed by atoms with Crippen molar-refractivity contribution in [2.24, 2.45) is 0 Å². The molecule has 114 valence electrons. The Bertz CT molecular complexity index is 557. The highest BCUT2D eigenvalue weighted by atomic mass is 32.2. The van der Waals surface area contributed by atoms with Crippen LogP contribution in [0.4, 0.5) is 0 Å². The minimum atomic E-state index is 0.0460. The lowest BCUT2D eigenvalue weighted by atomic mass is 10.1. The molecule has 2 rings (SSSR count). The molecule has 2 aromatic rings. The van der Waals surface area contributed by atoms with Gasteiger partial charge in [-0.1, -0.05) is 12.1 Å². The molecule has 5 heteroatoms. The molecule has 0 spiro atoms. The average molecular weight is 306 g/mol. The summed E-state index contributed by atoms with van der Waals surface area (Å²) in [4.78, 5) is 4.47. The lowest BCUT2D eigenvalue weighted by Gasteiger charge is -2.19. The minimum Gasteiger partial charge on any atom is -0.493 e. The van der Waals surface area contributed by atoms with Crippen molar-refractivity contribution in [1.29, 1.82) is 0 Å². The van der Waals surface area contributed by atoms with E-state index in [0.717, 1.165) is 29.3 Å². The maximum atomic E-state index is 9.68. The van der Waals surface area contributed by atoms with Gasteiger partial charge in [-0.15, -0.1) is 0 Å². The largest absolute Gasteiger partial charge is 0.493 e. The molecule has 1 heterocycles. The Kier molecular flexibility index (Phi) is 6.14. The van der Waals surface area contributed by atoms with Crippen LogP contribution < -0.4 is 4.74 Å². The van der Waals surface area contributed by atoms with E-state index in [9.17, 15) is 5.11 Å². The maximum absolute atomic E-state index is 9.68. The van der Waals surface area contributed by atoms with Gasteiger partial charge in [-0.2, -0.15) is 11.8 Å². The molecule has 0 aliphatic rings. The van der Waals surface area contributed by atoms with Gasteiger partial charge in [0.25, 0.3) is 0 Å². The van der Waals surface area contributed by atoms with Crippen LogP contribution in [0.3, 0.4) is 0 Å². The van der Waals surface area contributed by atoms with E-state index >= 15 is 0 Å². The number of hydrogen-bond acceptors (Lipinski definition) is 4. The van der Waals surface area contributed by atoms with Crippen molar-refractivity contribution < 1.29 is 9.84 Å². The highest BCUT2D eigenvalue weighted by Crippen LogP contribution is 2.31. The minimum absolute atomic E-state index is 0.0460. The standard InChI is InChI=1S/C16H22N2O2S/c1-3-20-15-7-5-4-6-14(15)16-17-9-10-18(16)13(12-19)8-11-21-2/h4-7,9-10,13,19H,3,8,11-12H2,1-2H3/t13-/m0/s1. The quantitative estimate of drug-likeness (QED) is 0.813. The summed E-state index contributed by atoms with van der Waals surface area (Å²) in [6.07, 6.45) is 6.70. The van der Waals surface area contributed by atoms with Crippen LogP contribution in [-0.4, -0.2) is 39.9 Å². The molecule has 1 atom stereocenters. The molecule has 1 N–H and O–H groups in total. The fraction of sp³-hybridized carbons (Fsp3) is 0.438. The van der Waals surface area contributed by atoms with Gasteiger partial charge in [-0.25, -0.2) is 4.98 Å². The maximum Gasteiger partial charge on any atom is 0.143 e. The van der Waals surface area contributed by atoms with Gasteiger partial charge in [0.05, 0.1) is 24.8 Å². The fourth-order valence-corrected chi connectivity index (χ4v) is 2.83. The van der Waals surface area contributed by atoms with E-state index < -0.39 is 0 Å². The second-order valence-electron chi connectivity index (χ2n) is 4.71. The molecule has 0 unspecified atom stereocenters. The van der Waals surface area contributed by atoms with Gasteiger partial charge in [-0.05, 0) is 37.5 Å². The monoisotopic (exact) mass is 306 g/mol. The molecule has 21 heavy (non-hydrogen) atoms. The van der Waals surface area contributed by atoms with Crippen molar-refractivity contribution in [3.05, 3.63) is 36.7 Å². The average Bonchev–Trinajstić information content (AvgIpc) is 2.98. The number of nitrogens with zero attached hydrogens (tertiary/aromatic N) is 2. The molecule has 0 saturated carbocycles. The van der Waals surface area contributed by atoms with E-state index in [2.05, 4.69) is 11.2 Å². The number of ether oxygens (including phenoxy) is 1. The fourth-order valence-electron chi connectivity index (χ4n) is 2.32. The molecule has 0 radical (unpaired) electrons. The van der Waals surface area contributed by atoms with E-state index in [1.54, 1.807) is 18.0 Å². The third-order valence-electron chi connectivity index (χ3n) is 3.36. The number of imidazole rings is 1. The summed E-state index contributed by atoms with van der Waals surface area (Å²) in [6, 6.07) is 7.94. The first-order valence-corrected chi connectivity index (χ1v) is 8.56. The summed E-state index contributed by atoms with van der Waals surface area (Å²) in [7, 11) is 0. The van der Waals surface area contributed by atoms with Gasteiger partial charge in [-0.3, -0.25) is 0 Å². The number of aliphatic hydroxyl groups is 1. The number of aromatic nitrogens is 2. The Morgan fingerprint density at radius 2 is 2.19 bits per heavy atom. The highest BCUT2D eigenvalue weighted by Gasteiger charge is 2.17. The van der Waals surface area contributed by atoms with Gasteiger partial charge >= 0.3 is 0 Å². The van der Waals surface area contributed by atoms with Crippen LogP contribution in [0.25, 0.3) is 11.4 Å². The Labute approximate surface area is 130 Å². The van der Waals surface area contributed by atoms with Crippen LogP contribution in [0, 0.1) is 0 Å². The van der Waals surface area contributed by atoms with E-state index in [0.29, 0.717) is 6.61 Å². The van der Waals surface area contributed by atoms with E-state index in [1.165, 1.54) is 0 Å².